The number of hydrogen-bond donors (Lipinski definition) is 1. The summed E-state index contributed by atoms with van der Waals surface area (Å²) in [6.45, 7) is 13.2. The summed E-state index contributed by atoms with van der Waals surface area (Å²) in [5.74, 6) is 0. The Morgan fingerprint density at radius 3 is 2.14 bits per heavy atom. The van der Waals surface area contributed by atoms with Gasteiger partial charge in [-0.3, -0.25) is 4.68 Å². The second-order valence-corrected chi connectivity index (χ2v) is 6.87. The van der Waals surface area contributed by atoms with Crippen molar-refractivity contribution in [3.05, 3.63) is 52.3 Å². The Morgan fingerprint density at radius 1 is 1.14 bits per heavy atom. The van der Waals surface area contributed by atoms with Gasteiger partial charge in [0.2, 0.25) is 0 Å². The number of nitrogens with zero attached hydrogens (tertiary/aromatic N) is 2. The molecule has 0 amide bonds. The molecule has 0 aliphatic rings. The number of aliphatic hydroxyl groups is 1. The molecule has 1 heterocycles. The largest absolute Gasteiger partial charge is 0.389 e. The summed E-state index contributed by atoms with van der Waals surface area (Å²) in [7, 11) is 0. The van der Waals surface area contributed by atoms with E-state index in [9.17, 15) is 5.11 Å². The standard InChI is InChI=1S/C18H26N2O/c1-12-17(14(3)21)13(2)20(19-12)11-15-7-9-16(10-8-15)18(4,5)6/h7-10,14,21H,11H2,1-6H3. The average molecular weight is 286 g/mol. The first-order valence-electron chi connectivity index (χ1n) is 7.51. The summed E-state index contributed by atoms with van der Waals surface area (Å²) >= 11 is 0. The molecule has 0 aliphatic heterocycles. The van der Waals surface area contributed by atoms with E-state index >= 15 is 0 Å². The fraction of sp³-hybridized carbons (Fsp3) is 0.500. The Kier molecular flexibility index (Phi) is 4.24. The molecule has 1 aromatic carbocycles. The van der Waals surface area contributed by atoms with Gasteiger partial charge in [0.1, 0.15) is 0 Å². The summed E-state index contributed by atoms with van der Waals surface area (Å²) in [5.41, 5.74) is 5.64. The first-order valence-corrected chi connectivity index (χ1v) is 7.51. The Balaban J connectivity index is 2.25. The molecule has 21 heavy (non-hydrogen) atoms. The van der Waals surface area contributed by atoms with Gasteiger partial charge in [0.25, 0.3) is 0 Å². The quantitative estimate of drug-likeness (QED) is 0.929. The van der Waals surface area contributed by atoms with Crippen molar-refractivity contribution in [3.63, 3.8) is 0 Å². The van der Waals surface area contributed by atoms with E-state index in [1.54, 1.807) is 6.92 Å². The van der Waals surface area contributed by atoms with Gasteiger partial charge in [0.05, 0.1) is 18.3 Å². The average Bonchev–Trinajstić information content (AvgIpc) is 2.64. The van der Waals surface area contributed by atoms with Crippen LogP contribution in [0.5, 0.6) is 0 Å². The lowest BCUT2D eigenvalue weighted by Crippen LogP contribution is -2.11. The van der Waals surface area contributed by atoms with E-state index in [-0.39, 0.29) is 5.41 Å². The molecule has 114 valence electrons. The monoisotopic (exact) mass is 286 g/mol. The lowest BCUT2D eigenvalue weighted by Gasteiger charge is -2.19. The van der Waals surface area contributed by atoms with E-state index in [0.29, 0.717) is 0 Å². The van der Waals surface area contributed by atoms with Crippen LogP contribution < -0.4 is 0 Å². The Labute approximate surface area is 127 Å². The minimum absolute atomic E-state index is 0.177. The summed E-state index contributed by atoms with van der Waals surface area (Å²) in [6, 6.07) is 8.71. The molecule has 0 bridgehead atoms. The van der Waals surface area contributed by atoms with Gasteiger partial charge in [-0.15, -0.1) is 0 Å². The molecular weight excluding hydrogens is 260 g/mol. The third-order valence-electron chi connectivity index (χ3n) is 4.01. The van der Waals surface area contributed by atoms with Crippen LogP contribution in [-0.4, -0.2) is 14.9 Å². The van der Waals surface area contributed by atoms with E-state index in [4.69, 9.17) is 0 Å². The zero-order valence-corrected chi connectivity index (χ0v) is 13.9. The lowest BCUT2D eigenvalue weighted by atomic mass is 9.87. The second kappa shape index (κ2) is 5.64. The van der Waals surface area contributed by atoms with Crippen LogP contribution in [0.2, 0.25) is 0 Å². The summed E-state index contributed by atoms with van der Waals surface area (Å²) in [5, 5.41) is 14.4. The van der Waals surface area contributed by atoms with Crippen molar-refractivity contribution in [1.29, 1.82) is 0 Å². The molecule has 0 fully saturated rings. The molecule has 0 spiro atoms. The maximum Gasteiger partial charge on any atom is 0.0797 e. The van der Waals surface area contributed by atoms with Crippen molar-refractivity contribution in [1.82, 2.24) is 9.78 Å². The third-order valence-corrected chi connectivity index (χ3v) is 4.01. The Hall–Kier alpha value is -1.61. The van der Waals surface area contributed by atoms with Gasteiger partial charge in [-0.1, -0.05) is 45.0 Å². The van der Waals surface area contributed by atoms with E-state index in [0.717, 1.165) is 23.5 Å². The molecule has 0 radical (unpaired) electrons. The van der Waals surface area contributed by atoms with Crippen molar-refractivity contribution in [2.45, 2.75) is 59.6 Å². The van der Waals surface area contributed by atoms with Crippen LogP contribution in [0.4, 0.5) is 0 Å². The highest BCUT2D eigenvalue weighted by Gasteiger charge is 2.16. The van der Waals surface area contributed by atoms with Gasteiger partial charge in [0, 0.05) is 11.3 Å². The SMILES string of the molecule is Cc1nn(Cc2ccc(C(C)(C)C)cc2)c(C)c1C(C)O. The smallest absolute Gasteiger partial charge is 0.0797 e. The number of hydrogen-bond acceptors (Lipinski definition) is 2. The van der Waals surface area contributed by atoms with Gasteiger partial charge >= 0.3 is 0 Å². The first-order chi connectivity index (χ1) is 9.70. The maximum absolute atomic E-state index is 9.84. The van der Waals surface area contributed by atoms with E-state index in [1.165, 1.54) is 11.1 Å². The van der Waals surface area contributed by atoms with E-state index in [1.807, 2.05) is 18.5 Å². The molecule has 3 heteroatoms. The Morgan fingerprint density at radius 2 is 1.71 bits per heavy atom. The summed E-state index contributed by atoms with van der Waals surface area (Å²) in [4.78, 5) is 0. The first kappa shape index (κ1) is 15.8. The minimum atomic E-state index is -0.470. The number of benzene rings is 1. The van der Waals surface area contributed by atoms with Gasteiger partial charge in [-0.2, -0.15) is 5.10 Å². The highest BCUT2D eigenvalue weighted by molar-refractivity contribution is 5.30. The molecule has 1 unspecified atom stereocenters. The molecule has 0 aliphatic carbocycles. The molecule has 2 rings (SSSR count). The fourth-order valence-electron chi connectivity index (χ4n) is 2.75. The van der Waals surface area contributed by atoms with Crippen LogP contribution in [-0.2, 0) is 12.0 Å². The topological polar surface area (TPSA) is 38.0 Å². The predicted molar refractivity (Wildman–Crippen MR) is 86.6 cm³/mol. The van der Waals surface area contributed by atoms with Crippen molar-refractivity contribution >= 4 is 0 Å². The highest BCUT2D eigenvalue weighted by atomic mass is 16.3. The van der Waals surface area contributed by atoms with Gasteiger partial charge in [0.15, 0.2) is 0 Å². The number of aryl methyl sites for hydroxylation is 1. The zero-order valence-electron chi connectivity index (χ0n) is 13.9. The maximum atomic E-state index is 9.84. The lowest BCUT2D eigenvalue weighted by molar-refractivity contribution is 0.197. The van der Waals surface area contributed by atoms with Crippen molar-refractivity contribution < 1.29 is 5.11 Å². The van der Waals surface area contributed by atoms with Crippen molar-refractivity contribution in [2.75, 3.05) is 0 Å². The van der Waals surface area contributed by atoms with Gasteiger partial charge < -0.3 is 5.11 Å². The van der Waals surface area contributed by atoms with Crippen molar-refractivity contribution in [3.8, 4) is 0 Å². The molecule has 2 aromatic rings. The third kappa shape index (κ3) is 3.35. The minimum Gasteiger partial charge on any atom is -0.389 e. The number of aromatic nitrogens is 2. The van der Waals surface area contributed by atoms with Crippen LogP contribution in [0.15, 0.2) is 24.3 Å². The fourth-order valence-corrected chi connectivity index (χ4v) is 2.75. The molecule has 3 nitrogen and oxygen atoms in total. The number of rotatable bonds is 3. The van der Waals surface area contributed by atoms with Gasteiger partial charge in [-0.25, -0.2) is 0 Å². The van der Waals surface area contributed by atoms with Crippen LogP contribution in [0.1, 0.15) is 61.9 Å². The molecule has 0 saturated heterocycles. The highest BCUT2D eigenvalue weighted by Crippen LogP contribution is 2.24. The zero-order chi connectivity index (χ0) is 15.8. The normalized spacial score (nSPS) is 13.5. The molecule has 1 N–H and O–H groups in total. The van der Waals surface area contributed by atoms with E-state index < -0.39 is 6.10 Å². The Bertz CT molecular complexity index is 616. The number of aliphatic hydroxyl groups excluding tert-OH is 1. The summed E-state index contributed by atoms with van der Waals surface area (Å²) in [6.07, 6.45) is -0.470. The molecule has 1 aromatic heterocycles. The van der Waals surface area contributed by atoms with Gasteiger partial charge in [-0.05, 0) is 37.3 Å². The van der Waals surface area contributed by atoms with Crippen molar-refractivity contribution in [2.24, 2.45) is 0 Å². The molecular formula is C18H26N2O. The predicted octanol–water partition coefficient (Wildman–Crippen LogP) is 3.90. The molecule has 1 atom stereocenters. The van der Waals surface area contributed by atoms with Crippen LogP contribution >= 0.6 is 0 Å². The van der Waals surface area contributed by atoms with Crippen LogP contribution in [0.3, 0.4) is 0 Å². The second-order valence-electron chi connectivity index (χ2n) is 6.87. The molecule has 0 saturated carbocycles. The summed E-state index contributed by atoms with van der Waals surface area (Å²) < 4.78 is 1.98. The van der Waals surface area contributed by atoms with Crippen LogP contribution in [0.25, 0.3) is 0 Å². The van der Waals surface area contributed by atoms with Crippen LogP contribution in [0, 0.1) is 13.8 Å². The van der Waals surface area contributed by atoms with E-state index in [2.05, 4.69) is 50.1 Å².